The highest BCUT2D eigenvalue weighted by Gasteiger charge is 2.22. The van der Waals surface area contributed by atoms with Gasteiger partial charge in [0, 0.05) is 21.5 Å². The van der Waals surface area contributed by atoms with Crippen LogP contribution in [0, 0.1) is 0 Å². The molecular formula is C104H64O2. The fraction of sp³-hybridized carbons (Fsp3) is 0. The molecule has 0 spiro atoms. The molecule has 0 amide bonds. The van der Waals surface area contributed by atoms with Crippen LogP contribution in [0.2, 0.25) is 0 Å². The Hall–Kier alpha value is -13.9. The van der Waals surface area contributed by atoms with E-state index in [2.05, 4.69) is 388 Å². The van der Waals surface area contributed by atoms with Crippen molar-refractivity contribution in [3.63, 3.8) is 0 Å². The number of rotatable bonds is 8. The minimum atomic E-state index is 0.910. The maximum atomic E-state index is 6.34. The van der Waals surface area contributed by atoms with Crippen LogP contribution in [0.3, 0.4) is 0 Å². The van der Waals surface area contributed by atoms with Crippen molar-refractivity contribution in [3.05, 3.63) is 388 Å². The lowest BCUT2D eigenvalue weighted by Gasteiger charge is -2.18. The summed E-state index contributed by atoms with van der Waals surface area (Å²) in [5.74, 6) is 0. The van der Waals surface area contributed by atoms with Crippen LogP contribution >= 0.6 is 0 Å². The van der Waals surface area contributed by atoms with Gasteiger partial charge in [-0.1, -0.05) is 315 Å². The third-order valence-electron chi connectivity index (χ3n) is 22.0. The van der Waals surface area contributed by atoms with E-state index in [0.29, 0.717) is 0 Å². The first-order valence-electron chi connectivity index (χ1n) is 36.5. The maximum absolute atomic E-state index is 6.34. The molecule has 2 aromatic heterocycles. The third-order valence-corrected chi connectivity index (χ3v) is 22.0. The van der Waals surface area contributed by atoms with Gasteiger partial charge in [0.15, 0.2) is 0 Å². The molecule has 2 heterocycles. The first kappa shape index (κ1) is 60.8. The molecule has 0 bridgehead atoms. The lowest BCUT2D eigenvalue weighted by atomic mass is 9.85. The zero-order valence-corrected chi connectivity index (χ0v) is 57.8. The molecule has 0 saturated carbocycles. The van der Waals surface area contributed by atoms with Crippen molar-refractivity contribution in [2.75, 3.05) is 0 Å². The molecule has 2 nitrogen and oxygen atoms in total. The zero-order valence-electron chi connectivity index (χ0n) is 57.8. The van der Waals surface area contributed by atoms with Crippen molar-refractivity contribution < 1.29 is 8.83 Å². The monoisotopic (exact) mass is 1340 g/mol. The van der Waals surface area contributed by atoms with Gasteiger partial charge >= 0.3 is 0 Å². The normalized spacial score (nSPS) is 11.8. The third kappa shape index (κ3) is 10.3. The van der Waals surface area contributed by atoms with Crippen molar-refractivity contribution >= 4 is 130 Å². The van der Waals surface area contributed by atoms with E-state index in [9.17, 15) is 0 Å². The van der Waals surface area contributed by atoms with Gasteiger partial charge in [-0.2, -0.15) is 0 Å². The highest BCUT2D eigenvalue weighted by atomic mass is 16.3. The Kier molecular flexibility index (Phi) is 14.3. The van der Waals surface area contributed by atoms with Crippen molar-refractivity contribution in [3.8, 4) is 89.0 Å². The van der Waals surface area contributed by atoms with Gasteiger partial charge in [0.1, 0.15) is 22.3 Å². The molecule has 20 aromatic carbocycles. The maximum Gasteiger partial charge on any atom is 0.136 e. The molecule has 2 heteroatoms. The fourth-order valence-electron chi connectivity index (χ4n) is 17.0. The summed E-state index contributed by atoms with van der Waals surface area (Å²) in [6.45, 7) is 0. The van der Waals surface area contributed by atoms with Crippen molar-refractivity contribution in [1.82, 2.24) is 0 Å². The minimum absolute atomic E-state index is 0.910. The van der Waals surface area contributed by atoms with E-state index in [1.165, 1.54) is 175 Å². The Labute approximate surface area is 612 Å². The van der Waals surface area contributed by atoms with E-state index in [0.717, 1.165) is 43.9 Å². The van der Waals surface area contributed by atoms with E-state index in [1.54, 1.807) is 0 Å². The molecule has 0 atom stereocenters. The van der Waals surface area contributed by atoms with Gasteiger partial charge < -0.3 is 8.83 Å². The van der Waals surface area contributed by atoms with Gasteiger partial charge in [0.2, 0.25) is 0 Å². The van der Waals surface area contributed by atoms with Crippen LogP contribution in [0.25, 0.3) is 219 Å². The standard InChI is InChI=1S/2C52H32O/c1-2-13-38-32-50-48(30-37(38)12-1)47-31-39(27-28-49(47)53-50)36-15-9-16-40(29-36)52-45-20-7-5-18-43(45)51(44-19-6-8-21-46(44)52)35-25-23-34(24-26-35)42-22-10-14-33-11-3-4-17-41(33)42;1-2-12-34-27-39(24-23-33(34)11-1)35-15-9-17-41(28-35)51-43-19-5-7-21-45(43)52(46-22-8-6-20-44(46)51)42-18-10-16-36(29-42)40-25-26-49-47(31-40)48-30-37-13-3-4-14-38(37)32-50(48)53-49/h2*1-32H. The molecule has 0 N–H and O–H groups in total. The molecular weight excluding hydrogens is 1280 g/mol. The van der Waals surface area contributed by atoms with E-state index < -0.39 is 0 Å². The molecule has 0 radical (unpaired) electrons. The molecule has 0 saturated heterocycles. The summed E-state index contributed by atoms with van der Waals surface area (Å²) < 4.78 is 12.7. The van der Waals surface area contributed by atoms with Crippen LogP contribution < -0.4 is 0 Å². The first-order valence-corrected chi connectivity index (χ1v) is 36.5. The van der Waals surface area contributed by atoms with Crippen molar-refractivity contribution in [2.45, 2.75) is 0 Å². The first-order chi connectivity index (χ1) is 52.5. The van der Waals surface area contributed by atoms with Gasteiger partial charge in [-0.05, 0) is 248 Å². The summed E-state index contributed by atoms with van der Waals surface area (Å²) in [5, 5.41) is 24.4. The Morgan fingerprint density at radius 3 is 0.821 bits per heavy atom. The molecule has 22 rings (SSSR count). The largest absolute Gasteiger partial charge is 0.456 e. The molecule has 106 heavy (non-hydrogen) atoms. The molecule has 0 aliphatic carbocycles. The highest BCUT2D eigenvalue weighted by molar-refractivity contribution is 6.24. The Bertz CT molecular complexity index is 7210. The second-order valence-electron chi connectivity index (χ2n) is 28.1. The summed E-state index contributed by atoms with van der Waals surface area (Å²) in [6.07, 6.45) is 0. The molecule has 492 valence electrons. The van der Waals surface area contributed by atoms with Gasteiger partial charge in [0.25, 0.3) is 0 Å². The number of hydrogen-bond donors (Lipinski definition) is 0. The van der Waals surface area contributed by atoms with E-state index >= 15 is 0 Å². The molecule has 22 aromatic rings. The lowest BCUT2D eigenvalue weighted by Crippen LogP contribution is -1.91. The second-order valence-corrected chi connectivity index (χ2v) is 28.1. The predicted octanol–water partition coefficient (Wildman–Crippen LogP) is 29.7. The Morgan fingerprint density at radius 1 is 0.123 bits per heavy atom. The van der Waals surface area contributed by atoms with Crippen LogP contribution in [0.4, 0.5) is 0 Å². The van der Waals surface area contributed by atoms with Gasteiger partial charge in [0.05, 0.1) is 0 Å². The number of fused-ring (bicyclic) bond motifs is 14. The average Bonchev–Trinajstić information content (AvgIpc) is 1.06. The predicted molar refractivity (Wildman–Crippen MR) is 451 cm³/mol. The smallest absolute Gasteiger partial charge is 0.136 e. The van der Waals surface area contributed by atoms with Crippen LogP contribution in [0.5, 0.6) is 0 Å². The number of furan rings is 2. The molecule has 0 unspecified atom stereocenters. The molecule has 0 aliphatic rings. The molecule has 0 fully saturated rings. The number of benzene rings is 20. The van der Waals surface area contributed by atoms with E-state index in [1.807, 2.05) is 0 Å². The Morgan fingerprint density at radius 2 is 0.396 bits per heavy atom. The van der Waals surface area contributed by atoms with Crippen LogP contribution in [0.1, 0.15) is 0 Å². The summed E-state index contributed by atoms with van der Waals surface area (Å²) in [4.78, 5) is 0. The lowest BCUT2D eigenvalue weighted by molar-refractivity contribution is 0.669. The van der Waals surface area contributed by atoms with Gasteiger partial charge in [-0.15, -0.1) is 0 Å². The van der Waals surface area contributed by atoms with Gasteiger partial charge in [-0.3, -0.25) is 0 Å². The topological polar surface area (TPSA) is 26.3 Å². The van der Waals surface area contributed by atoms with Gasteiger partial charge in [-0.25, -0.2) is 0 Å². The van der Waals surface area contributed by atoms with Crippen LogP contribution in [-0.4, -0.2) is 0 Å². The summed E-state index contributed by atoms with van der Waals surface area (Å²) in [7, 11) is 0. The summed E-state index contributed by atoms with van der Waals surface area (Å²) in [5.41, 5.74) is 23.2. The van der Waals surface area contributed by atoms with Crippen LogP contribution in [-0.2, 0) is 0 Å². The van der Waals surface area contributed by atoms with E-state index in [-0.39, 0.29) is 0 Å². The van der Waals surface area contributed by atoms with Crippen LogP contribution in [0.15, 0.2) is 397 Å². The second kappa shape index (κ2) is 25.0. The number of hydrogen-bond acceptors (Lipinski definition) is 2. The van der Waals surface area contributed by atoms with Crippen molar-refractivity contribution in [1.29, 1.82) is 0 Å². The van der Waals surface area contributed by atoms with E-state index in [4.69, 9.17) is 8.83 Å². The Balaban J connectivity index is 0.000000136. The summed E-state index contributed by atoms with van der Waals surface area (Å²) in [6, 6.07) is 141. The quantitative estimate of drug-likeness (QED) is 0.142. The zero-order chi connectivity index (χ0) is 69.8. The molecule has 0 aliphatic heterocycles. The fourth-order valence-corrected chi connectivity index (χ4v) is 17.0. The summed E-state index contributed by atoms with van der Waals surface area (Å²) >= 11 is 0. The SMILES string of the molecule is c1cc(-c2ccc3ccccc3c2)cc(-c2c3ccccc3c(-c3cccc(-c4ccc5oc6cc7ccccc7cc6c5c4)c3)c3ccccc23)c1.c1cc(-c2ccc3oc4cc5ccccc5cc4c3c2)cc(-c2c3ccccc3c(-c3ccc(-c4cccc5ccccc45)cc3)c3ccccc23)c1. The minimum Gasteiger partial charge on any atom is -0.456 e. The average molecular weight is 1350 g/mol. The van der Waals surface area contributed by atoms with Crippen molar-refractivity contribution in [2.24, 2.45) is 0 Å². The highest BCUT2D eigenvalue weighted by Crippen LogP contribution is 2.48.